The Labute approximate surface area is 155 Å². The van der Waals surface area contributed by atoms with Gasteiger partial charge in [0, 0.05) is 37.0 Å². The molecule has 4 rings (SSSR count). The third-order valence-corrected chi connectivity index (χ3v) is 6.47. The smallest absolute Gasteiger partial charge is 0.257 e. The van der Waals surface area contributed by atoms with Gasteiger partial charge in [0.25, 0.3) is 5.91 Å². The van der Waals surface area contributed by atoms with E-state index in [4.69, 9.17) is 0 Å². The zero-order valence-corrected chi connectivity index (χ0v) is 15.9. The zero-order valence-electron chi connectivity index (χ0n) is 15.9. The topological polar surface area (TPSA) is 69.3 Å². The Balaban J connectivity index is 1.45. The van der Waals surface area contributed by atoms with Crippen LogP contribution in [-0.4, -0.2) is 57.0 Å². The Morgan fingerprint density at radius 2 is 1.69 bits per heavy atom. The van der Waals surface area contributed by atoms with Crippen LogP contribution in [0.5, 0.6) is 0 Å². The lowest BCUT2D eigenvalue weighted by Crippen LogP contribution is -2.47. The van der Waals surface area contributed by atoms with Gasteiger partial charge in [-0.15, -0.1) is 0 Å². The molecule has 2 amide bonds. The Morgan fingerprint density at radius 1 is 1.04 bits per heavy atom. The SMILES string of the molecule is C[C@@H]1CCC[C@H](C)N1C(=O)c1cn[nH]c1C1CCN(C(=O)C2CC2)CC1. The number of hydrogen-bond acceptors (Lipinski definition) is 3. The molecule has 0 spiro atoms. The van der Waals surface area contributed by atoms with Gasteiger partial charge in [-0.1, -0.05) is 0 Å². The molecular formula is C20H30N4O2. The Hall–Kier alpha value is -1.85. The number of carbonyl (C=O) groups is 2. The van der Waals surface area contributed by atoms with Crippen LogP contribution in [0.2, 0.25) is 0 Å². The summed E-state index contributed by atoms with van der Waals surface area (Å²) < 4.78 is 0. The third-order valence-electron chi connectivity index (χ3n) is 6.47. The molecule has 1 N–H and O–H groups in total. The first-order valence-corrected chi connectivity index (χ1v) is 10.2. The van der Waals surface area contributed by atoms with Gasteiger partial charge in [0.1, 0.15) is 0 Å². The Kier molecular flexibility index (Phi) is 4.76. The van der Waals surface area contributed by atoms with Gasteiger partial charge < -0.3 is 9.80 Å². The Bertz CT molecular complexity index is 663. The quantitative estimate of drug-likeness (QED) is 0.903. The van der Waals surface area contributed by atoms with Crippen LogP contribution < -0.4 is 0 Å². The molecule has 1 aliphatic carbocycles. The molecular weight excluding hydrogens is 328 g/mol. The standard InChI is InChI=1S/C20H30N4O2/c1-13-4-3-5-14(2)24(13)20(26)17-12-21-22-18(17)15-8-10-23(11-9-15)19(25)16-6-7-16/h12-16H,3-11H2,1-2H3,(H,21,22)/t13-,14+. The fraction of sp³-hybridized carbons (Fsp3) is 0.750. The molecule has 6 nitrogen and oxygen atoms in total. The van der Waals surface area contributed by atoms with Crippen LogP contribution in [0, 0.1) is 5.92 Å². The highest BCUT2D eigenvalue weighted by Crippen LogP contribution is 2.35. The average Bonchev–Trinajstić information content (AvgIpc) is 3.37. The number of nitrogens with one attached hydrogen (secondary N) is 1. The molecule has 0 unspecified atom stereocenters. The molecule has 0 radical (unpaired) electrons. The van der Waals surface area contributed by atoms with Gasteiger partial charge in [0.05, 0.1) is 17.5 Å². The lowest BCUT2D eigenvalue weighted by Gasteiger charge is -2.39. The molecule has 2 saturated heterocycles. The summed E-state index contributed by atoms with van der Waals surface area (Å²) in [5.74, 6) is 1.03. The molecule has 1 saturated carbocycles. The summed E-state index contributed by atoms with van der Waals surface area (Å²) in [4.78, 5) is 29.5. The maximum Gasteiger partial charge on any atom is 0.257 e. The van der Waals surface area contributed by atoms with Crippen LogP contribution in [0.25, 0.3) is 0 Å². The van der Waals surface area contributed by atoms with E-state index in [2.05, 4.69) is 24.0 Å². The van der Waals surface area contributed by atoms with Crippen molar-refractivity contribution in [1.29, 1.82) is 0 Å². The molecule has 0 bridgehead atoms. The first kappa shape index (κ1) is 17.6. The maximum absolute atomic E-state index is 13.2. The minimum atomic E-state index is 0.116. The van der Waals surface area contributed by atoms with Crippen molar-refractivity contribution in [3.8, 4) is 0 Å². The van der Waals surface area contributed by atoms with Crippen molar-refractivity contribution in [3.05, 3.63) is 17.5 Å². The molecule has 1 aromatic rings. The van der Waals surface area contributed by atoms with Crippen molar-refractivity contribution < 1.29 is 9.59 Å². The number of carbonyl (C=O) groups excluding carboxylic acids is 2. The average molecular weight is 358 g/mol. The third kappa shape index (κ3) is 3.26. The molecule has 142 valence electrons. The molecule has 0 aromatic carbocycles. The minimum Gasteiger partial charge on any atom is -0.342 e. The van der Waals surface area contributed by atoms with E-state index in [9.17, 15) is 9.59 Å². The van der Waals surface area contributed by atoms with Crippen molar-refractivity contribution in [2.75, 3.05) is 13.1 Å². The minimum absolute atomic E-state index is 0.116. The molecule has 1 aromatic heterocycles. The summed E-state index contributed by atoms with van der Waals surface area (Å²) in [6, 6.07) is 0.569. The molecule has 2 atom stereocenters. The second kappa shape index (κ2) is 7.05. The van der Waals surface area contributed by atoms with Crippen molar-refractivity contribution in [1.82, 2.24) is 20.0 Å². The lowest BCUT2D eigenvalue weighted by atomic mass is 9.90. The molecule has 26 heavy (non-hydrogen) atoms. The van der Waals surface area contributed by atoms with Crippen LogP contribution in [0.1, 0.15) is 80.8 Å². The van der Waals surface area contributed by atoms with Crippen LogP contribution >= 0.6 is 0 Å². The van der Waals surface area contributed by atoms with E-state index in [1.165, 1.54) is 6.42 Å². The number of rotatable bonds is 3. The fourth-order valence-electron chi connectivity index (χ4n) is 4.72. The number of amides is 2. The highest BCUT2D eigenvalue weighted by Gasteiger charge is 2.37. The van der Waals surface area contributed by atoms with Crippen molar-refractivity contribution in [2.24, 2.45) is 5.92 Å². The fourth-order valence-corrected chi connectivity index (χ4v) is 4.72. The molecule has 2 aliphatic heterocycles. The molecule has 6 heteroatoms. The van der Waals surface area contributed by atoms with Gasteiger partial charge in [-0.2, -0.15) is 5.10 Å². The van der Waals surface area contributed by atoms with E-state index in [0.29, 0.717) is 5.91 Å². The van der Waals surface area contributed by atoms with E-state index < -0.39 is 0 Å². The predicted octanol–water partition coefficient (Wildman–Crippen LogP) is 2.93. The summed E-state index contributed by atoms with van der Waals surface area (Å²) in [6.07, 6.45) is 8.98. The molecule has 3 heterocycles. The summed E-state index contributed by atoms with van der Waals surface area (Å²) in [5, 5.41) is 7.31. The van der Waals surface area contributed by atoms with Crippen LogP contribution in [-0.2, 0) is 4.79 Å². The van der Waals surface area contributed by atoms with Gasteiger partial charge in [-0.05, 0) is 58.8 Å². The number of aromatic amines is 1. The first-order chi connectivity index (χ1) is 12.6. The van der Waals surface area contributed by atoms with Crippen molar-refractivity contribution in [3.63, 3.8) is 0 Å². The number of piperidine rings is 2. The summed E-state index contributed by atoms with van der Waals surface area (Å²) in [5.41, 5.74) is 1.70. The highest BCUT2D eigenvalue weighted by molar-refractivity contribution is 5.95. The lowest BCUT2D eigenvalue weighted by molar-refractivity contribution is -0.133. The van der Waals surface area contributed by atoms with Gasteiger partial charge in [-0.25, -0.2) is 0 Å². The number of H-pyrrole nitrogens is 1. The number of nitrogens with zero attached hydrogens (tertiary/aromatic N) is 3. The number of likely N-dealkylation sites (tertiary alicyclic amines) is 2. The van der Waals surface area contributed by atoms with Gasteiger partial charge >= 0.3 is 0 Å². The van der Waals surface area contributed by atoms with E-state index in [1.807, 2.05) is 9.80 Å². The van der Waals surface area contributed by atoms with Gasteiger partial charge in [-0.3, -0.25) is 14.7 Å². The van der Waals surface area contributed by atoms with Gasteiger partial charge in [0.2, 0.25) is 5.91 Å². The number of hydrogen-bond donors (Lipinski definition) is 1. The largest absolute Gasteiger partial charge is 0.342 e. The van der Waals surface area contributed by atoms with E-state index in [-0.39, 0.29) is 29.8 Å². The first-order valence-electron chi connectivity index (χ1n) is 10.2. The summed E-state index contributed by atoms with van der Waals surface area (Å²) in [6.45, 7) is 5.89. The van der Waals surface area contributed by atoms with E-state index in [1.54, 1.807) is 6.20 Å². The van der Waals surface area contributed by atoms with Crippen LogP contribution in [0.3, 0.4) is 0 Å². The molecule has 3 fully saturated rings. The number of aromatic nitrogens is 2. The second-order valence-electron chi connectivity index (χ2n) is 8.41. The predicted molar refractivity (Wildman–Crippen MR) is 98.8 cm³/mol. The maximum atomic E-state index is 13.2. The Morgan fingerprint density at radius 3 is 2.31 bits per heavy atom. The monoisotopic (exact) mass is 358 g/mol. The summed E-state index contributed by atoms with van der Waals surface area (Å²) in [7, 11) is 0. The van der Waals surface area contributed by atoms with Gasteiger partial charge in [0.15, 0.2) is 0 Å². The second-order valence-corrected chi connectivity index (χ2v) is 8.41. The van der Waals surface area contributed by atoms with Crippen molar-refractivity contribution >= 4 is 11.8 Å². The van der Waals surface area contributed by atoms with Crippen LogP contribution in [0.4, 0.5) is 0 Å². The van der Waals surface area contributed by atoms with E-state index in [0.717, 1.165) is 62.9 Å². The van der Waals surface area contributed by atoms with Crippen molar-refractivity contribution in [2.45, 2.75) is 76.8 Å². The highest BCUT2D eigenvalue weighted by atomic mass is 16.2. The normalized spacial score (nSPS) is 27.6. The van der Waals surface area contributed by atoms with Crippen LogP contribution in [0.15, 0.2) is 6.20 Å². The molecule has 3 aliphatic rings. The van der Waals surface area contributed by atoms with E-state index >= 15 is 0 Å². The zero-order chi connectivity index (χ0) is 18.3. The summed E-state index contributed by atoms with van der Waals surface area (Å²) >= 11 is 0.